The van der Waals surface area contributed by atoms with Gasteiger partial charge in [0, 0.05) is 17.4 Å². The minimum Gasteiger partial charge on any atom is -0.478 e. The van der Waals surface area contributed by atoms with Crippen molar-refractivity contribution >= 4 is 23.4 Å². The zero-order valence-corrected chi connectivity index (χ0v) is 10.8. The molecule has 0 aliphatic rings. The van der Waals surface area contributed by atoms with Crippen LogP contribution in [-0.2, 0) is 0 Å². The van der Waals surface area contributed by atoms with Gasteiger partial charge in [0.2, 0.25) is 5.91 Å². The lowest BCUT2D eigenvalue weighted by Crippen LogP contribution is -2.11. The summed E-state index contributed by atoms with van der Waals surface area (Å²) in [7, 11) is 0. The number of benzene rings is 1. The van der Waals surface area contributed by atoms with E-state index in [4.69, 9.17) is 10.8 Å². The van der Waals surface area contributed by atoms with Gasteiger partial charge in [0.05, 0.1) is 5.56 Å². The molecule has 0 saturated carbocycles. The van der Waals surface area contributed by atoms with Crippen molar-refractivity contribution in [1.29, 1.82) is 0 Å². The summed E-state index contributed by atoms with van der Waals surface area (Å²) < 4.78 is 0. The number of aryl methyl sites for hydroxylation is 1. The van der Waals surface area contributed by atoms with Crippen LogP contribution < -0.4 is 11.1 Å². The van der Waals surface area contributed by atoms with Gasteiger partial charge in [-0.3, -0.25) is 4.79 Å². The molecule has 6 heteroatoms. The second kappa shape index (κ2) is 5.40. The maximum absolute atomic E-state index is 11.1. The molecule has 0 atom stereocenters. The van der Waals surface area contributed by atoms with E-state index >= 15 is 0 Å². The predicted molar refractivity (Wildman–Crippen MR) is 74.2 cm³/mol. The number of rotatable bonds is 4. The summed E-state index contributed by atoms with van der Waals surface area (Å²) in [6, 6.07) is 7.89. The Labute approximate surface area is 115 Å². The van der Waals surface area contributed by atoms with Crippen LogP contribution in [-0.4, -0.2) is 22.0 Å². The first kappa shape index (κ1) is 13.5. The summed E-state index contributed by atoms with van der Waals surface area (Å²) >= 11 is 0. The van der Waals surface area contributed by atoms with Gasteiger partial charge >= 0.3 is 5.97 Å². The average molecular weight is 271 g/mol. The van der Waals surface area contributed by atoms with Crippen molar-refractivity contribution in [2.75, 3.05) is 5.32 Å². The summed E-state index contributed by atoms with van der Waals surface area (Å²) in [6.45, 7) is 1.71. The van der Waals surface area contributed by atoms with Crippen molar-refractivity contribution in [2.45, 2.75) is 6.92 Å². The Balaban J connectivity index is 2.26. The molecule has 2 rings (SSSR count). The van der Waals surface area contributed by atoms with Crippen molar-refractivity contribution < 1.29 is 14.7 Å². The van der Waals surface area contributed by atoms with E-state index in [9.17, 15) is 9.59 Å². The molecule has 0 aliphatic heterocycles. The first-order chi connectivity index (χ1) is 9.47. The molecule has 1 amide bonds. The van der Waals surface area contributed by atoms with Crippen LogP contribution in [0.3, 0.4) is 0 Å². The fourth-order valence-electron chi connectivity index (χ4n) is 1.78. The minimum atomic E-state index is -0.970. The largest absolute Gasteiger partial charge is 0.478 e. The Morgan fingerprint density at radius 2 is 2.00 bits per heavy atom. The van der Waals surface area contributed by atoms with E-state index in [0.717, 1.165) is 0 Å². The number of aromatic carboxylic acids is 1. The molecule has 0 fully saturated rings. The van der Waals surface area contributed by atoms with Crippen molar-refractivity contribution in [1.82, 2.24) is 4.98 Å². The molecular formula is C14H13N3O3. The fourth-order valence-corrected chi connectivity index (χ4v) is 1.78. The van der Waals surface area contributed by atoms with E-state index in [1.807, 2.05) is 0 Å². The van der Waals surface area contributed by atoms with E-state index in [2.05, 4.69) is 10.3 Å². The van der Waals surface area contributed by atoms with Gasteiger partial charge in [-0.05, 0) is 42.8 Å². The number of pyridine rings is 1. The number of carbonyl (C=O) groups is 2. The number of primary amides is 1. The maximum atomic E-state index is 11.1. The lowest BCUT2D eigenvalue weighted by Gasteiger charge is -2.08. The van der Waals surface area contributed by atoms with Gasteiger partial charge in [-0.1, -0.05) is 0 Å². The number of amides is 1. The molecule has 6 nitrogen and oxygen atoms in total. The van der Waals surface area contributed by atoms with Gasteiger partial charge in [0.15, 0.2) is 0 Å². The van der Waals surface area contributed by atoms with Crippen LogP contribution in [0, 0.1) is 6.92 Å². The molecule has 0 radical (unpaired) electrons. The maximum Gasteiger partial charge on any atom is 0.335 e. The molecular weight excluding hydrogens is 258 g/mol. The highest BCUT2D eigenvalue weighted by molar-refractivity contribution is 5.93. The van der Waals surface area contributed by atoms with E-state index in [1.165, 1.54) is 24.4 Å². The molecule has 0 unspecified atom stereocenters. The highest BCUT2D eigenvalue weighted by Crippen LogP contribution is 2.19. The minimum absolute atomic E-state index is 0.245. The monoisotopic (exact) mass is 271 g/mol. The van der Waals surface area contributed by atoms with Gasteiger partial charge in [0.1, 0.15) is 5.82 Å². The highest BCUT2D eigenvalue weighted by Gasteiger charge is 2.08. The number of nitrogens with one attached hydrogen (secondary N) is 1. The third-order valence-corrected chi connectivity index (χ3v) is 2.77. The van der Waals surface area contributed by atoms with Crippen molar-refractivity contribution in [3.8, 4) is 0 Å². The number of anilines is 2. The molecule has 20 heavy (non-hydrogen) atoms. The molecule has 4 N–H and O–H groups in total. The van der Waals surface area contributed by atoms with Gasteiger partial charge in [-0.25, -0.2) is 9.78 Å². The van der Waals surface area contributed by atoms with Crippen LogP contribution in [0.5, 0.6) is 0 Å². The Hall–Kier alpha value is -2.89. The molecule has 1 heterocycles. The normalized spacial score (nSPS) is 10.1. The quantitative estimate of drug-likeness (QED) is 0.788. The third-order valence-electron chi connectivity index (χ3n) is 2.77. The molecule has 1 aromatic heterocycles. The predicted octanol–water partition coefficient (Wildman–Crippen LogP) is 1.93. The fraction of sp³-hybridized carbons (Fsp3) is 0.0714. The van der Waals surface area contributed by atoms with E-state index in [-0.39, 0.29) is 5.56 Å². The lowest BCUT2D eigenvalue weighted by molar-refractivity contribution is 0.0696. The van der Waals surface area contributed by atoms with Crippen molar-refractivity contribution in [3.05, 3.63) is 53.2 Å². The van der Waals surface area contributed by atoms with Crippen molar-refractivity contribution in [2.24, 2.45) is 5.73 Å². The standard InChI is InChI=1S/C14H13N3O3/c1-8-6-10(2-3-11(8)14(19)20)17-12-7-9(13(15)18)4-5-16-12/h2-7H,1H3,(H2,15,18)(H,16,17)(H,19,20). The molecule has 0 aliphatic carbocycles. The zero-order chi connectivity index (χ0) is 14.7. The first-order valence-corrected chi connectivity index (χ1v) is 5.84. The number of carboxylic acids is 1. The number of aromatic nitrogens is 1. The highest BCUT2D eigenvalue weighted by atomic mass is 16.4. The summed E-state index contributed by atoms with van der Waals surface area (Å²) in [6.07, 6.45) is 1.47. The van der Waals surface area contributed by atoms with E-state index < -0.39 is 11.9 Å². The summed E-state index contributed by atoms with van der Waals surface area (Å²) in [5.41, 5.74) is 7.10. The second-order valence-corrected chi connectivity index (χ2v) is 4.25. The summed E-state index contributed by atoms with van der Waals surface area (Å²) in [5, 5.41) is 12.0. The van der Waals surface area contributed by atoms with Crippen LogP contribution in [0.25, 0.3) is 0 Å². The Morgan fingerprint density at radius 3 is 2.60 bits per heavy atom. The topological polar surface area (TPSA) is 105 Å². The molecule has 2 aromatic rings. The number of hydrogen-bond donors (Lipinski definition) is 3. The van der Waals surface area contributed by atoms with Crippen LogP contribution in [0.15, 0.2) is 36.5 Å². The zero-order valence-electron chi connectivity index (χ0n) is 10.8. The van der Waals surface area contributed by atoms with Crippen LogP contribution >= 0.6 is 0 Å². The van der Waals surface area contributed by atoms with E-state index in [1.54, 1.807) is 19.1 Å². The number of nitrogens with two attached hydrogens (primary N) is 1. The number of carbonyl (C=O) groups excluding carboxylic acids is 1. The molecule has 102 valence electrons. The van der Waals surface area contributed by atoms with Crippen LogP contribution in [0.4, 0.5) is 11.5 Å². The van der Waals surface area contributed by atoms with Gasteiger partial charge in [0.25, 0.3) is 0 Å². The van der Waals surface area contributed by atoms with Gasteiger partial charge in [-0.15, -0.1) is 0 Å². The number of hydrogen-bond acceptors (Lipinski definition) is 4. The lowest BCUT2D eigenvalue weighted by atomic mass is 10.1. The smallest absolute Gasteiger partial charge is 0.335 e. The number of nitrogens with zero attached hydrogens (tertiary/aromatic N) is 1. The Bertz CT molecular complexity index is 683. The molecule has 0 saturated heterocycles. The molecule has 0 spiro atoms. The van der Waals surface area contributed by atoms with Gasteiger partial charge < -0.3 is 16.2 Å². The summed E-state index contributed by atoms with van der Waals surface area (Å²) in [5.74, 6) is -1.04. The third kappa shape index (κ3) is 2.92. The first-order valence-electron chi connectivity index (χ1n) is 5.84. The Kier molecular flexibility index (Phi) is 3.65. The van der Waals surface area contributed by atoms with Crippen molar-refractivity contribution in [3.63, 3.8) is 0 Å². The van der Waals surface area contributed by atoms with Gasteiger partial charge in [-0.2, -0.15) is 0 Å². The summed E-state index contributed by atoms with van der Waals surface area (Å²) in [4.78, 5) is 26.1. The number of carboxylic acid groups (broad SMARTS) is 1. The Morgan fingerprint density at radius 1 is 1.25 bits per heavy atom. The van der Waals surface area contributed by atoms with E-state index in [0.29, 0.717) is 22.6 Å². The molecule has 1 aromatic carbocycles. The molecule has 0 bridgehead atoms. The van der Waals surface area contributed by atoms with Crippen LogP contribution in [0.2, 0.25) is 0 Å². The van der Waals surface area contributed by atoms with Crippen LogP contribution in [0.1, 0.15) is 26.3 Å². The SMILES string of the molecule is Cc1cc(Nc2cc(C(N)=O)ccn2)ccc1C(=O)O. The second-order valence-electron chi connectivity index (χ2n) is 4.25. The average Bonchev–Trinajstić information content (AvgIpc) is 2.38.